The fourth-order valence-corrected chi connectivity index (χ4v) is 2.92. The van der Waals surface area contributed by atoms with Gasteiger partial charge in [-0.3, -0.25) is 4.98 Å². The van der Waals surface area contributed by atoms with Gasteiger partial charge in [-0.15, -0.1) is 11.3 Å². The second-order valence-electron chi connectivity index (χ2n) is 3.42. The predicted molar refractivity (Wildman–Crippen MR) is 73.2 cm³/mol. The Kier molecular flexibility index (Phi) is 4.13. The van der Waals surface area contributed by atoms with Crippen molar-refractivity contribution in [1.82, 2.24) is 4.98 Å². The van der Waals surface area contributed by atoms with Gasteiger partial charge in [0, 0.05) is 17.6 Å². The van der Waals surface area contributed by atoms with Crippen molar-refractivity contribution in [3.05, 3.63) is 44.8 Å². The minimum Gasteiger partial charge on any atom is -0.382 e. The van der Waals surface area contributed by atoms with E-state index >= 15 is 0 Å². The highest BCUT2D eigenvalue weighted by atomic mass is 79.9. The molecule has 0 fully saturated rings. The maximum absolute atomic E-state index is 8.92. The van der Waals surface area contributed by atoms with E-state index in [0.717, 1.165) is 22.4 Å². The van der Waals surface area contributed by atoms with Crippen molar-refractivity contribution in [3.8, 4) is 6.07 Å². The molecule has 0 unspecified atom stereocenters. The molecule has 2 rings (SSSR count). The Labute approximate surface area is 112 Å². The van der Waals surface area contributed by atoms with Crippen molar-refractivity contribution >= 4 is 33.0 Å². The van der Waals surface area contributed by atoms with Gasteiger partial charge in [0.2, 0.25) is 0 Å². The molecular formula is C12H10BrN3S. The molecule has 0 spiro atoms. The molecule has 2 aromatic rings. The van der Waals surface area contributed by atoms with Crippen LogP contribution >= 0.6 is 27.3 Å². The summed E-state index contributed by atoms with van der Waals surface area (Å²) in [5.41, 5.74) is 1.43. The first kappa shape index (κ1) is 12.1. The largest absolute Gasteiger partial charge is 0.382 e. The molecule has 3 nitrogen and oxygen atoms in total. The van der Waals surface area contributed by atoms with Crippen LogP contribution in [0.1, 0.15) is 10.4 Å². The van der Waals surface area contributed by atoms with E-state index in [1.165, 1.54) is 4.88 Å². The Bertz CT molecular complexity index is 545. The Balaban J connectivity index is 1.92. The third-order valence-electron chi connectivity index (χ3n) is 2.26. The predicted octanol–water partition coefficient (Wildman–Crippen LogP) is 3.43. The van der Waals surface area contributed by atoms with Crippen molar-refractivity contribution in [2.45, 2.75) is 6.42 Å². The lowest BCUT2D eigenvalue weighted by atomic mass is 10.2. The molecule has 17 heavy (non-hydrogen) atoms. The number of anilines is 1. The highest BCUT2D eigenvalue weighted by Gasteiger charge is 2.01. The van der Waals surface area contributed by atoms with Crippen LogP contribution in [0.2, 0.25) is 0 Å². The lowest BCUT2D eigenvalue weighted by Gasteiger charge is -2.06. The molecule has 0 aliphatic carbocycles. The van der Waals surface area contributed by atoms with Crippen LogP contribution in [0.3, 0.4) is 0 Å². The Hall–Kier alpha value is -1.38. The SMILES string of the molecule is N#Cc1ccncc1NCCc1ccc(Br)s1. The van der Waals surface area contributed by atoms with Crippen LogP contribution in [0, 0.1) is 11.3 Å². The van der Waals surface area contributed by atoms with Crippen LogP contribution in [0.25, 0.3) is 0 Å². The summed E-state index contributed by atoms with van der Waals surface area (Å²) in [7, 11) is 0. The lowest BCUT2D eigenvalue weighted by molar-refractivity contribution is 1.04. The fourth-order valence-electron chi connectivity index (χ4n) is 1.44. The molecule has 0 aromatic carbocycles. The van der Waals surface area contributed by atoms with Gasteiger partial charge in [0.1, 0.15) is 6.07 Å². The molecule has 0 bridgehead atoms. The monoisotopic (exact) mass is 307 g/mol. The molecule has 0 radical (unpaired) electrons. The van der Waals surface area contributed by atoms with Gasteiger partial charge < -0.3 is 5.32 Å². The molecule has 0 saturated carbocycles. The summed E-state index contributed by atoms with van der Waals surface area (Å²) < 4.78 is 1.14. The van der Waals surface area contributed by atoms with E-state index < -0.39 is 0 Å². The van der Waals surface area contributed by atoms with Gasteiger partial charge in [0.05, 0.1) is 21.2 Å². The maximum Gasteiger partial charge on any atom is 0.101 e. The minimum absolute atomic E-state index is 0.632. The molecule has 0 aliphatic heterocycles. The van der Waals surface area contributed by atoms with Gasteiger partial charge in [-0.25, -0.2) is 0 Å². The molecule has 0 saturated heterocycles. The van der Waals surface area contributed by atoms with Gasteiger partial charge in [0.25, 0.3) is 0 Å². The number of pyridine rings is 1. The average Bonchev–Trinajstić information content (AvgIpc) is 2.76. The summed E-state index contributed by atoms with van der Waals surface area (Å²) in [6.07, 6.45) is 4.25. The number of thiophene rings is 1. The summed E-state index contributed by atoms with van der Waals surface area (Å²) in [4.78, 5) is 5.32. The van der Waals surface area contributed by atoms with Crippen molar-refractivity contribution in [2.75, 3.05) is 11.9 Å². The molecule has 0 atom stereocenters. The summed E-state index contributed by atoms with van der Waals surface area (Å²) >= 11 is 5.17. The van der Waals surface area contributed by atoms with Gasteiger partial charge in [0.15, 0.2) is 0 Å². The van der Waals surface area contributed by atoms with Crippen LogP contribution in [0.15, 0.2) is 34.4 Å². The quantitative estimate of drug-likeness (QED) is 0.941. The van der Waals surface area contributed by atoms with E-state index in [-0.39, 0.29) is 0 Å². The number of rotatable bonds is 4. The molecule has 0 aliphatic rings. The van der Waals surface area contributed by atoms with Crippen LogP contribution in [0.5, 0.6) is 0 Å². The van der Waals surface area contributed by atoms with E-state index in [1.807, 2.05) is 6.07 Å². The highest BCUT2D eigenvalue weighted by molar-refractivity contribution is 9.11. The second-order valence-corrected chi connectivity index (χ2v) is 5.96. The van der Waals surface area contributed by atoms with E-state index in [0.29, 0.717) is 5.56 Å². The first-order chi connectivity index (χ1) is 8.29. The van der Waals surface area contributed by atoms with Crippen molar-refractivity contribution in [2.24, 2.45) is 0 Å². The molecule has 5 heteroatoms. The first-order valence-electron chi connectivity index (χ1n) is 5.12. The topological polar surface area (TPSA) is 48.7 Å². The summed E-state index contributed by atoms with van der Waals surface area (Å²) in [5, 5.41) is 12.1. The third kappa shape index (κ3) is 3.29. The van der Waals surface area contributed by atoms with Gasteiger partial charge in [-0.2, -0.15) is 5.26 Å². The van der Waals surface area contributed by atoms with Crippen LogP contribution < -0.4 is 5.32 Å². The fraction of sp³-hybridized carbons (Fsp3) is 0.167. The molecule has 86 valence electrons. The van der Waals surface area contributed by atoms with E-state index in [2.05, 4.69) is 38.4 Å². The van der Waals surface area contributed by atoms with Gasteiger partial charge in [-0.1, -0.05) is 0 Å². The zero-order valence-corrected chi connectivity index (χ0v) is 11.4. The summed E-state index contributed by atoms with van der Waals surface area (Å²) in [5.74, 6) is 0. The van der Waals surface area contributed by atoms with Crippen LogP contribution in [-0.2, 0) is 6.42 Å². The minimum atomic E-state index is 0.632. The normalized spacial score (nSPS) is 9.88. The van der Waals surface area contributed by atoms with E-state index in [1.54, 1.807) is 29.8 Å². The molecule has 2 heterocycles. The number of halogens is 1. The molecule has 2 aromatic heterocycles. The standard InChI is InChI=1S/C12H10BrN3S/c13-12-2-1-10(17-12)4-6-16-11-8-15-5-3-9(11)7-14/h1-3,5,8,16H,4,6H2. The van der Waals surface area contributed by atoms with E-state index in [9.17, 15) is 0 Å². The van der Waals surface area contributed by atoms with Gasteiger partial charge in [-0.05, 0) is 40.5 Å². The zero-order valence-electron chi connectivity index (χ0n) is 8.98. The Morgan fingerprint density at radius 3 is 3.00 bits per heavy atom. The van der Waals surface area contributed by atoms with Crippen molar-refractivity contribution < 1.29 is 0 Å². The average molecular weight is 308 g/mol. The number of hydrogen-bond donors (Lipinski definition) is 1. The first-order valence-corrected chi connectivity index (χ1v) is 6.73. The van der Waals surface area contributed by atoms with Crippen molar-refractivity contribution in [1.29, 1.82) is 5.26 Å². The van der Waals surface area contributed by atoms with Crippen molar-refractivity contribution in [3.63, 3.8) is 0 Å². The van der Waals surface area contributed by atoms with Gasteiger partial charge >= 0.3 is 0 Å². The summed E-state index contributed by atoms with van der Waals surface area (Å²) in [6.45, 7) is 0.799. The number of aromatic nitrogens is 1. The molecule has 0 amide bonds. The van der Waals surface area contributed by atoms with Crippen LogP contribution in [0.4, 0.5) is 5.69 Å². The number of nitrogens with zero attached hydrogens (tertiary/aromatic N) is 2. The highest BCUT2D eigenvalue weighted by Crippen LogP contribution is 2.22. The third-order valence-corrected chi connectivity index (χ3v) is 3.94. The number of hydrogen-bond acceptors (Lipinski definition) is 4. The lowest BCUT2D eigenvalue weighted by Crippen LogP contribution is -2.05. The second kappa shape index (κ2) is 5.80. The maximum atomic E-state index is 8.92. The number of nitrogens with one attached hydrogen (secondary N) is 1. The zero-order chi connectivity index (χ0) is 12.1. The number of nitriles is 1. The van der Waals surface area contributed by atoms with Crippen LogP contribution in [-0.4, -0.2) is 11.5 Å². The Morgan fingerprint density at radius 1 is 1.41 bits per heavy atom. The van der Waals surface area contributed by atoms with E-state index in [4.69, 9.17) is 5.26 Å². The smallest absolute Gasteiger partial charge is 0.101 e. The summed E-state index contributed by atoms with van der Waals surface area (Å²) in [6, 6.07) is 8.00. The molecule has 1 N–H and O–H groups in total. The molecular weight excluding hydrogens is 298 g/mol. The Morgan fingerprint density at radius 2 is 2.29 bits per heavy atom.